The van der Waals surface area contributed by atoms with Gasteiger partial charge >= 0.3 is 0 Å². The summed E-state index contributed by atoms with van der Waals surface area (Å²) < 4.78 is 6.89. The van der Waals surface area contributed by atoms with E-state index in [9.17, 15) is 9.59 Å². The van der Waals surface area contributed by atoms with E-state index in [1.165, 1.54) is 0 Å². The van der Waals surface area contributed by atoms with Gasteiger partial charge in [0.2, 0.25) is 5.43 Å². The highest BCUT2D eigenvalue weighted by molar-refractivity contribution is 6.06. The number of nitrogens with one attached hydrogen (secondary N) is 1. The van der Waals surface area contributed by atoms with Crippen molar-refractivity contribution in [2.24, 2.45) is 0 Å². The first-order valence-electron chi connectivity index (χ1n) is 7.72. The van der Waals surface area contributed by atoms with Gasteiger partial charge in [-0.1, -0.05) is 11.2 Å². The molecule has 0 spiro atoms. The fourth-order valence-corrected chi connectivity index (χ4v) is 2.85. The Kier molecular flexibility index (Phi) is 3.16. The van der Waals surface area contributed by atoms with Gasteiger partial charge in [0.25, 0.3) is 5.91 Å². The predicted molar refractivity (Wildman–Crippen MR) is 90.1 cm³/mol. The van der Waals surface area contributed by atoms with Crippen LogP contribution in [0.4, 0.5) is 11.5 Å². The number of aromatic nitrogens is 2. The van der Waals surface area contributed by atoms with E-state index < -0.39 is 5.91 Å². The van der Waals surface area contributed by atoms with Gasteiger partial charge in [0.15, 0.2) is 5.82 Å². The summed E-state index contributed by atoms with van der Waals surface area (Å²) in [5.74, 6) is 0.326. The first-order valence-corrected chi connectivity index (χ1v) is 7.72. The first-order chi connectivity index (χ1) is 11.5. The highest BCUT2D eigenvalue weighted by Crippen LogP contribution is 2.37. The summed E-state index contributed by atoms with van der Waals surface area (Å²) in [6.07, 6.45) is 3.66. The number of hydrogen-bond acceptors (Lipinski definition) is 5. The maximum atomic E-state index is 12.8. The van der Waals surface area contributed by atoms with E-state index in [-0.39, 0.29) is 16.8 Å². The van der Waals surface area contributed by atoms with E-state index in [0.29, 0.717) is 22.9 Å². The number of aryl methyl sites for hydroxylation is 1. The number of nitrogen functional groups attached to an aromatic ring is 1. The molecule has 3 N–H and O–H groups in total. The average molecular weight is 324 g/mol. The van der Waals surface area contributed by atoms with E-state index in [0.717, 1.165) is 18.4 Å². The Morgan fingerprint density at radius 2 is 2.21 bits per heavy atom. The monoisotopic (exact) mass is 324 g/mol. The molecule has 1 saturated carbocycles. The highest BCUT2D eigenvalue weighted by Gasteiger charge is 2.27. The molecule has 7 nitrogen and oxygen atoms in total. The molecule has 24 heavy (non-hydrogen) atoms. The second kappa shape index (κ2) is 5.23. The van der Waals surface area contributed by atoms with E-state index in [2.05, 4.69) is 10.5 Å². The van der Waals surface area contributed by atoms with E-state index >= 15 is 0 Å². The fraction of sp³-hybridized carbons (Fsp3) is 0.235. The van der Waals surface area contributed by atoms with Crippen LogP contribution in [0.1, 0.15) is 35.0 Å². The third-order valence-corrected chi connectivity index (χ3v) is 4.15. The minimum atomic E-state index is -0.521. The number of anilines is 2. The van der Waals surface area contributed by atoms with Crippen LogP contribution in [0.15, 0.2) is 39.8 Å². The summed E-state index contributed by atoms with van der Waals surface area (Å²) in [6.45, 7) is 1.72. The molecule has 1 aliphatic carbocycles. The van der Waals surface area contributed by atoms with E-state index in [1.807, 2.05) is 16.7 Å². The minimum absolute atomic E-state index is 0.0490. The normalized spacial score (nSPS) is 14.0. The molecular weight excluding hydrogens is 308 g/mol. The van der Waals surface area contributed by atoms with Crippen LogP contribution in [0, 0.1) is 6.92 Å². The van der Waals surface area contributed by atoms with Crippen molar-refractivity contribution in [3.8, 4) is 0 Å². The summed E-state index contributed by atoms with van der Waals surface area (Å²) in [4.78, 5) is 25.3. The lowest BCUT2D eigenvalue weighted by Gasteiger charge is -2.13. The lowest BCUT2D eigenvalue weighted by molar-refractivity contribution is 0.102. The molecule has 0 bridgehead atoms. The molecule has 4 rings (SSSR count). The second-order valence-corrected chi connectivity index (χ2v) is 6.03. The number of rotatable bonds is 3. The Bertz CT molecular complexity index is 1010. The van der Waals surface area contributed by atoms with E-state index in [4.69, 9.17) is 10.3 Å². The van der Waals surface area contributed by atoms with Gasteiger partial charge in [-0.15, -0.1) is 0 Å². The van der Waals surface area contributed by atoms with Crippen molar-refractivity contribution < 1.29 is 9.32 Å². The Morgan fingerprint density at radius 1 is 1.42 bits per heavy atom. The van der Waals surface area contributed by atoms with Gasteiger partial charge in [0.1, 0.15) is 11.3 Å². The predicted octanol–water partition coefficient (Wildman–Crippen LogP) is 2.47. The van der Waals surface area contributed by atoms with Crippen molar-refractivity contribution >= 4 is 28.3 Å². The number of pyridine rings is 1. The molecule has 122 valence electrons. The maximum Gasteiger partial charge on any atom is 0.262 e. The van der Waals surface area contributed by atoms with Crippen molar-refractivity contribution in [3.63, 3.8) is 0 Å². The van der Waals surface area contributed by atoms with Crippen LogP contribution in [-0.4, -0.2) is 15.6 Å². The van der Waals surface area contributed by atoms with Crippen LogP contribution in [0.3, 0.4) is 0 Å². The number of amides is 1. The molecule has 1 aliphatic rings. The smallest absolute Gasteiger partial charge is 0.262 e. The average Bonchev–Trinajstić information content (AvgIpc) is 3.30. The number of nitrogens with zero attached hydrogens (tertiary/aromatic N) is 2. The number of nitrogens with two attached hydrogens (primary N) is 1. The van der Waals surface area contributed by atoms with Gasteiger partial charge in [-0.2, -0.15) is 0 Å². The fourth-order valence-electron chi connectivity index (χ4n) is 2.85. The van der Waals surface area contributed by atoms with Crippen molar-refractivity contribution in [3.05, 3.63) is 52.0 Å². The lowest BCUT2D eigenvalue weighted by Crippen LogP contribution is -2.24. The first kappa shape index (κ1) is 14.5. The van der Waals surface area contributed by atoms with Crippen LogP contribution in [0.25, 0.3) is 10.9 Å². The molecule has 7 heteroatoms. The van der Waals surface area contributed by atoms with Crippen LogP contribution in [0.2, 0.25) is 0 Å². The molecule has 1 amide bonds. The van der Waals surface area contributed by atoms with Gasteiger partial charge < -0.3 is 20.1 Å². The van der Waals surface area contributed by atoms with E-state index in [1.54, 1.807) is 25.3 Å². The van der Waals surface area contributed by atoms with Crippen molar-refractivity contribution in [1.29, 1.82) is 0 Å². The number of benzene rings is 1. The Labute approximate surface area is 137 Å². The van der Waals surface area contributed by atoms with Gasteiger partial charge in [0, 0.05) is 24.0 Å². The molecule has 0 saturated heterocycles. The Hall–Kier alpha value is -3.09. The van der Waals surface area contributed by atoms with Crippen LogP contribution < -0.4 is 16.5 Å². The number of carbonyl (C=O) groups is 1. The molecule has 3 aromatic rings. The summed E-state index contributed by atoms with van der Waals surface area (Å²) in [5.41, 5.74) is 6.81. The molecule has 1 aromatic carbocycles. The molecule has 2 heterocycles. The molecule has 0 radical (unpaired) electrons. The van der Waals surface area contributed by atoms with Crippen molar-refractivity contribution in [1.82, 2.24) is 9.72 Å². The van der Waals surface area contributed by atoms with Gasteiger partial charge in [-0.3, -0.25) is 9.59 Å². The zero-order chi connectivity index (χ0) is 16.8. The van der Waals surface area contributed by atoms with Gasteiger partial charge in [-0.05, 0) is 31.9 Å². The summed E-state index contributed by atoms with van der Waals surface area (Å²) >= 11 is 0. The molecule has 0 unspecified atom stereocenters. The van der Waals surface area contributed by atoms with Gasteiger partial charge in [-0.25, -0.2) is 0 Å². The molecule has 0 atom stereocenters. The largest absolute Gasteiger partial charge is 0.398 e. The van der Waals surface area contributed by atoms with Crippen LogP contribution in [0.5, 0.6) is 0 Å². The van der Waals surface area contributed by atoms with Crippen LogP contribution in [-0.2, 0) is 0 Å². The Morgan fingerprint density at radius 3 is 2.88 bits per heavy atom. The Balaban J connectivity index is 1.86. The number of carbonyl (C=O) groups excluding carboxylic acids is 1. The lowest BCUT2D eigenvalue weighted by atomic mass is 10.1. The van der Waals surface area contributed by atoms with Crippen molar-refractivity contribution in [2.75, 3.05) is 11.1 Å². The third-order valence-electron chi connectivity index (χ3n) is 4.15. The number of hydrogen-bond donors (Lipinski definition) is 2. The quantitative estimate of drug-likeness (QED) is 0.720. The topological polar surface area (TPSA) is 103 Å². The zero-order valence-electron chi connectivity index (χ0n) is 13.1. The molecule has 1 fully saturated rings. The zero-order valence-corrected chi connectivity index (χ0v) is 13.1. The standard InChI is InChI=1S/C17H16N4O3/c1-9-7-14(20-24-9)19-17(23)11-8-21(10-5-6-10)13-4-2-3-12(18)15(13)16(11)22/h2-4,7-8,10H,5-6,18H2,1H3,(H,19,20,23). The van der Waals surface area contributed by atoms with Crippen LogP contribution >= 0.6 is 0 Å². The van der Waals surface area contributed by atoms with Gasteiger partial charge in [0.05, 0.1) is 10.9 Å². The van der Waals surface area contributed by atoms with Crippen molar-refractivity contribution in [2.45, 2.75) is 25.8 Å². The molecular formula is C17H16N4O3. The molecule has 2 aromatic heterocycles. The molecule has 0 aliphatic heterocycles. The minimum Gasteiger partial charge on any atom is -0.398 e. The number of fused-ring (bicyclic) bond motifs is 1. The highest BCUT2D eigenvalue weighted by atomic mass is 16.5. The third kappa shape index (κ3) is 2.34. The summed E-state index contributed by atoms with van der Waals surface area (Å²) in [7, 11) is 0. The summed E-state index contributed by atoms with van der Waals surface area (Å²) in [6, 6.07) is 7.23. The second-order valence-electron chi connectivity index (χ2n) is 6.03. The summed E-state index contributed by atoms with van der Waals surface area (Å²) in [5, 5.41) is 6.70. The maximum absolute atomic E-state index is 12.8. The SMILES string of the molecule is Cc1cc(NC(=O)c2cn(C3CC3)c3cccc(N)c3c2=O)no1.